The smallest absolute Gasteiger partial charge is 0.335 e. The molecule has 3 aromatic carbocycles. The Kier molecular flexibility index (Phi) is 5.83. The number of rotatable bonds is 7. The number of non-ortho nitro benzene ring substituents is 2. The second kappa shape index (κ2) is 8.88. The number of hydrogen-bond acceptors (Lipinski definition) is 8. The van der Waals surface area contributed by atoms with Gasteiger partial charge in [-0.2, -0.15) is 0 Å². The van der Waals surface area contributed by atoms with E-state index in [2.05, 4.69) is 10.2 Å². The van der Waals surface area contributed by atoms with Crippen molar-refractivity contribution in [3.8, 4) is 17.1 Å². The van der Waals surface area contributed by atoms with Gasteiger partial charge in [-0.05, 0) is 48.2 Å². The number of nitro groups is 2. The van der Waals surface area contributed by atoms with Gasteiger partial charge in [-0.3, -0.25) is 24.8 Å². The monoisotopic (exact) mass is 463 g/mol. The molecule has 0 aliphatic heterocycles. The quantitative estimate of drug-likeness (QED) is 0.306. The van der Waals surface area contributed by atoms with E-state index >= 15 is 0 Å². The van der Waals surface area contributed by atoms with Crippen LogP contribution in [0, 0.1) is 20.2 Å². The SMILES string of the molecule is O=C(O)c1ccc(Sc2nnc(-c3cc([N+](=O)[O-])cc([N+](=O)[O-])c3)n2-c2ccccc2)cc1. The molecule has 0 spiro atoms. The fraction of sp³-hybridized carbons (Fsp3) is 0. The van der Waals surface area contributed by atoms with E-state index in [4.69, 9.17) is 5.11 Å². The molecule has 1 heterocycles. The highest BCUT2D eigenvalue weighted by Gasteiger charge is 2.23. The third-order valence-electron chi connectivity index (χ3n) is 4.54. The summed E-state index contributed by atoms with van der Waals surface area (Å²) in [4.78, 5) is 33.0. The lowest BCUT2D eigenvalue weighted by atomic mass is 10.1. The molecule has 0 unspecified atom stereocenters. The van der Waals surface area contributed by atoms with Gasteiger partial charge < -0.3 is 5.11 Å². The largest absolute Gasteiger partial charge is 0.478 e. The predicted molar refractivity (Wildman–Crippen MR) is 118 cm³/mol. The molecule has 0 atom stereocenters. The maximum Gasteiger partial charge on any atom is 0.335 e. The first-order valence-corrected chi connectivity index (χ1v) is 10.1. The van der Waals surface area contributed by atoms with Crippen LogP contribution in [-0.4, -0.2) is 35.7 Å². The van der Waals surface area contributed by atoms with Gasteiger partial charge >= 0.3 is 5.97 Å². The van der Waals surface area contributed by atoms with Gasteiger partial charge in [-0.15, -0.1) is 10.2 Å². The Labute approximate surface area is 189 Å². The van der Waals surface area contributed by atoms with Crippen LogP contribution in [0.3, 0.4) is 0 Å². The number of nitrogens with zero attached hydrogens (tertiary/aromatic N) is 5. The van der Waals surface area contributed by atoms with E-state index in [9.17, 15) is 25.0 Å². The topological polar surface area (TPSA) is 154 Å². The Morgan fingerprint density at radius 2 is 1.48 bits per heavy atom. The van der Waals surface area contributed by atoms with Gasteiger partial charge in [0.1, 0.15) is 0 Å². The summed E-state index contributed by atoms with van der Waals surface area (Å²) >= 11 is 1.19. The summed E-state index contributed by atoms with van der Waals surface area (Å²) in [6.45, 7) is 0. The number of carboxylic acid groups (broad SMARTS) is 1. The Balaban J connectivity index is 1.85. The molecule has 1 N–H and O–H groups in total. The van der Waals surface area contributed by atoms with Gasteiger partial charge in [0.05, 0.1) is 21.5 Å². The summed E-state index contributed by atoms with van der Waals surface area (Å²) in [7, 11) is 0. The zero-order valence-electron chi connectivity index (χ0n) is 16.6. The third kappa shape index (κ3) is 4.55. The van der Waals surface area contributed by atoms with E-state index in [1.54, 1.807) is 41.0 Å². The zero-order chi connectivity index (χ0) is 23.5. The molecule has 0 fully saturated rings. The Morgan fingerprint density at radius 3 is 2.03 bits per heavy atom. The van der Waals surface area contributed by atoms with Crippen LogP contribution in [0.4, 0.5) is 11.4 Å². The van der Waals surface area contributed by atoms with E-state index in [-0.39, 0.29) is 17.0 Å². The molecular weight excluding hydrogens is 450 g/mol. The van der Waals surface area contributed by atoms with Gasteiger partial charge in [-0.1, -0.05) is 18.2 Å². The van der Waals surface area contributed by atoms with Crippen LogP contribution in [0.2, 0.25) is 0 Å². The average Bonchev–Trinajstić information content (AvgIpc) is 3.23. The lowest BCUT2D eigenvalue weighted by Crippen LogP contribution is -2.01. The second-order valence-electron chi connectivity index (χ2n) is 6.66. The van der Waals surface area contributed by atoms with Crippen LogP contribution < -0.4 is 0 Å². The number of hydrogen-bond donors (Lipinski definition) is 1. The molecule has 0 aliphatic carbocycles. The zero-order valence-corrected chi connectivity index (χ0v) is 17.4. The predicted octanol–water partition coefficient (Wildman–Crippen LogP) is 4.60. The normalized spacial score (nSPS) is 10.7. The van der Waals surface area contributed by atoms with Crippen LogP contribution in [-0.2, 0) is 0 Å². The average molecular weight is 463 g/mol. The van der Waals surface area contributed by atoms with Crippen LogP contribution >= 0.6 is 11.8 Å². The van der Waals surface area contributed by atoms with E-state index < -0.39 is 27.2 Å². The van der Waals surface area contributed by atoms with Crippen molar-refractivity contribution < 1.29 is 19.7 Å². The number of aromatic carboxylic acids is 1. The van der Waals surface area contributed by atoms with Crippen molar-refractivity contribution in [3.05, 3.63) is 98.6 Å². The minimum Gasteiger partial charge on any atom is -0.478 e. The van der Waals surface area contributed by atoms with Crippen molar-refractivity contribution in [2.75, 3.05) is 0 Å². The molecule has 12 heteroatoms. The molecule has 11 nitrogen and oxygen atoms in total. The molecule has 0 saturated heterocycles. The molecule has 1 aromatic heterocycles. The fourth-order valence-corrected chi connectivity index (χ4v) is 3.89. The highest BCUT2D eigenvalue weighted by atomic mass is 32.2. The minimum absolute atomic E-state index is 0.133. The van der Waals surface area contributed by atoms with Crippen LogP contribution in [0.15, 0.2) is 82.8 Å². The number of nitro benzene ring substituents is 2. The number of carboxylic acids is 1. The molecule has 33 heavy (non-hydrogen) atoms. The number of aromatic nitrogens is 3. The fourth-order valence-electron chi connectivity index (χ4n) is 3.04. The van der Waals surface area contributed by atoms with Gasteiger partial charge in [0.15, 0.2) is 5.82 Å². The summed E-state index contributed by atoms with van der Waals surface area (Å²) < 4.78 is 1.62. The summed E-state index contributed by atoms with van der Waals surface area (Å²) in [6, 6.07) is 18.4. The standard InChI is InChI=1S/C21H13N5O6S/c27-20(28)13-6-8-18(9-7-13)33-21-23-22-19(24(21)15-4-2-1-3-5-15)14-10-16(25(29)30)12-17(11-14)26(31)32/h1-12H,(H,27,28). The number of benzene rings is 3. The van der Waals surface area contributed by atoms with Gasteiger partial charge in [-0.25, -0.2) is 4.79 Å². The summed E-state index contributed by atoms with van der Waals surface area (Å²) in [5.74, 6) is -0.869. The molecule has 4 rings (SSSR count). The first kappa shape index (κ1) is 21.6. The molecule has 0 radical (unpaired) electrons. The van der Waals surface area contributed by atoms with Crippen molar-refractivity contribution in [1.82, 2.24) is 14.8 Å². The third-order valence-corrected chi connectivity index (χ3v) is 5.50. The molecule has 0 amide bonds. The van der Waals surface area contributed by atoms with Crippen LogP contribution in [0.25, 0.3) is 17.1 Å². The Hall–Kier alpha value is -4.58. The van der Waals surface area contributed by atoms with Gasteiger partial charge in [0.25, 0.3) is 11.4 Å². The molecule has 0 bridgehead atoms. The summed E-state index contributed by atoms with van der Waals surface area (Å²) in [5, 5.41) is 40.5. The first-order chi connectivity index (χ1) is 15.8. The maximum absolute atomic E-state index is 11.3. The van der Waals surface area contributed by atoms with E-state index in [0.717, 1.165) is 6.07 Å². The Morgan fingerprint density at radius 1 is 0.879 bits per heavy atom. The summed E-state index contributed by atoms with van der Waals surface area (Å²) in [6.07, 6.45) is 0. The molecular formula is C21H13N5O6S. The minimum atomic E-state index is -1.05. The van der Waals surface area contributed by atoms with E-state index in [1.807, 2.05) is 6.07 Å². The van der Waals surface area contributed by atoms with Crippen molar-refractivity contribution >= 4 is 29.1 Å². The van der Waals surface area contributed by atoms with Gasteiger partial charge in [0, 0.05) is 28.3 Å². The summed E-state index contributed by atoms with van der Waals surface area (Å²) in [5.41, 5.74) is 0.0330. The lowest BCUT2D eigenvalue weighted by molar-refractivity contribution is -0.394. The van der Waals surface area contributed by atoms with Crippen molar-refractivity contribution in [2.24, 2.45) is 0 Å². The van der Waals surface area contributed by atoms with Crippen molar-refractivity contribution in [2.45, 2.75) is 10.1 Å². The molecule has 0 aliphatic rings. The van der Waals surface area contributed by atoms with E-state index in [1.165, 1.54) is 36.0 Å². The second-order valence-corrected chi connectivity index (χ2v) is 7.70. The highest BCUT2D eigenvalue weighted by molar-refractivity contribution is 7.99. The highest BCUT2D eigenvalue weighted by Crippen LogP contribution is 2.35. The molecule has 164 valence electrons. The molecule has 4 aromatic rings. The van der Waals surface area contributed by atoms with Crippen molar-refractivity contribution in [1.29, 1.82) is 0 Å². The molecule has 0 saturated carbocycles. The number of para-hydroxylation sites is 1. The Bertz CT molecular complexity index is 1340. The lowest BCUT2D eigenvalue weighted by Gasteiger charge is -2.10. The van der Waals surface area contributed by atoms with Crippen molar-refractivity contribution in [3.63, 3.8) is 0 Å². The van der Waals surface area contributed by atoms with Gasteiger partial charge in [0.2, 0.25) is 5.16 Å². The van der Waals surface area contributed by atoms with Crippen LogP contribution in [0.5, 0.6) is 0 Å². The number of carbonyl (C=O) groups is 1. The van der Waals surface area contributed by atoms with Crippen LogP contribution in [0.1, 0.15) is 10.4 Å². The van der Waals surface area contributed by atoms with E-state index in [0.29, 0.717) is 15.7 Å². The maximum atomic E-state index is 11.3. The first-order valence-electron chi connectivity index (χ1n) is 9.30.